The summed E-state index contributed by atoms with van der Waals surface area (Å²) in [7, 11) is -3.68. The van der Waals surface area contributed by atoms with E-state index < -0.39 is 16.0 Å². The number of aliphatic carboxylic acids is 1. The van der Waals surface area contributed by atoms with Crippen LogP contribution in [0.1, 0.15) is 16.7 Å². The summed E-state index contributed by atoms with van der Waals surface area (Å²) in [6, 6.07) is 11.3. The van der Waals surface area contributed by atoms with Gasteiger partial charge in [0.05, 0.1) is 4.90 Å². The van der Waals surface area contributed by atoms with Gasteiger partial charge in [0.15, 0.2) is 0 Å². The van der Waals surface area contributed by atoms with Crippen molar-refractivity contribution in [3.63, 3.8) is 0 Å². The second-order valence-electron chi connectivity index (χ2n) is 5.15. The van der Waals surface area contributed by atoms with E-state index >= 15 is 0 Å². The lowest BCUT2D eigenvalue weighted by Gasteiger charge is -2.10. The molecule has 0 saturated heterocycles. The molecule has 2 aromatic rings. The summed E-state index contributed by atoms with van der Waals surface area (Å²) < 4.78 is 27.2. The van der Waals surface area contributed by atoms with Crippen LogP contribution in [0.15, 0.2) is 53.4 Å². The van der Waals surface area contributed by atoms with Crippen molar-refractivity contribution >= 4 is 27.8 Å². The molecule has 0 aliphatic rings. The molecule has 0 amide bonds. The number of aryl methyl sites for hydroxylation is 2. The number of hydrogen-bond acceptors (Lipinski definition) is 3. The van der Waals surface area contributed by atoms with Crippen molar-refractivity contribution in [3.05, 3.63) is 65.2 Å². The van der Waals surface area contributed by atoms with Crippen LogP contribution in [0.4, 0.5) is 5.69 Å². The van der Waals surface area contributed by atoms with Crippen LogP contribution in [0.25, 0.3) is 6.08 Å². The Morgan fingerprint density at radius 1 is 1.04 bits per heavy atom. The molecule has 0 unspecified atom stereocenters. The number of carboxylic acids is 1. The summed E-state index contributed by atoms with van der Waals surface area (Å²) in [6.07, 6.45) is 2.40. The fraction of sp³-hybridized carbons (Fsp3) is 0.118. The predicted octanol–water partition coefficient (Wildman–Crippen LogP) is 3.20. The van der Waals surface area contributed by atoms with E-state index in [4.69, 9.17) is 5.11 Å². The number of carboxylic acid groups (broad SMARTS) is 1. The van der Waals surface area contributed by atoms with E-state index in [0.717, 1.165) is 17.2 Å². The van der Waals surface area contributed by atoms with E-state index in [2.05, 4.69) is 4.72 Å². The Morgan fingerprint density at radius 2 is 1.70 bits per heavy atom. The molecule has 0 radical (unpaired) electrons. The maximum atomic E-state index is 12.4. The molecule has 2 aromatic carbocycles. The van der Waals surface area contributed by atoms with Crippen molar-refractivity contribution in [3.8, 4) is 0 Å². The van der Waals surface area contributed by atoms with E-state index in [9.17, 15) is 13.2 Å². The van der Waals surface area contributed by atoms with Gasteiger partial charge in [-0.15, -0.1) is 0 Å². The Balaban J connectivity index is 2.22. The first-order valence-corrected chi connectivity index (χ1v) is 8.37. The van der Waals surface area contributed by atoms with Crippen LogP contribution in [0, 0.1) is 13.8 Å². The van der Waals surface area contributed by atoms with Crippen molar-refractivity contribution in [1.29, 1.82) is 0 Å². The van der Waals surface area contributed by atoms with Crippen molar-refractivity contribution in [2.75, 3.05) is 4.72 Å². The summed E-state index contributed by atoms with van der Waals surface area (Å²) in [5.74, 6) is -1.06. The largest absolute Gasteiger partial charge is 0.478 e. The molecule has 0 aromatic heterocycles. The third kappa shape index (κ3) is 4.43. The molecule has 0 bridgehead atoms. The maximum Gasteiger partial charge on any atom is 0.328 e. The summed E-state index contributed by atoms with van der Waals surface area (Å²) in [4.78, 5) is 10.6. The minimum absolute atomic E-state index is 0.114. The lowest BCUT2D eigenvalue weighted by Crippen LogP contribution is -2.13. The monoisotopic (exact) mass is 331 g/mol. The molecule has 0 saturated carbocycles. The van der Waals surface area contributed by atoms with Gasteiger partial charge >= 0.3 is 5.97 Å². The van der Waals surface area contributed by atoms with Gasteiger partial charge in [0.1, 0.15) is 0 Å². The van der Waals surface area contributed by atoms with Gasteiger partial charge in [0.25, 0.3) is 10.0 Å². The van der Waals surface area contributed by atoms with Crippen molar-refractivity contribution in [2.45, 2.75) is 18.7 Å². The molecule has 120 valence electrons. The fourth-order valence-corrected chi connectivity index (χ4v) is 2.99. The fourth-order valence-electron chi connectivity index (χ4n) is 1.94. The molecule has 5 nitrogen and oxygen atoms in total. The predicted molar refractivity (Wildman–Crippen MR) is 89.8 cm³/mol. The molecule has 0 aliphatic heterocycles. The number of carbonyl (C=O) groups is 1. The van der Waals surface area contributed by atoms with Gasteiger partial charge in [-0.25, -0.2) is 13.2 Å². The first-order chi connectivity index (χ1) is 10.8. The van der Waals surface area contributed by atoms with Crippen LogP contribution in [-0.2, 0) is 14.8 Å². The highest BCUT2D eigenvalue weighted by Crippen LogP contribution is 2.19. The van der Waals surface area contributed by atoms with E-state index in [1.54, 1.807) is 24.3 Å². The number of hydrogen-bond donors (Lipinski definition) is 2. The smallest absolute Gasteiger partial charge is 0.328 e. The van der Waals surface area contributed by atoms with Gasteiger partial charge in [-0.05, 0) is 60.9 Å². The molecular formula is C17H17NO4S. The topological polar surface area (TPSA) is 83.5 Å². The summed E-state index contributed by atoms with van der Waals surface area (Å²) in [5, 5.41) is 8.57. The summed E-state index contributed by atoms with van der Waals surface area (Å²) in [5.41, 5.74) is 3.20. The Kier molecular flexibility index (Phi) is 4.86. The lowest BCUT2D eigenvalue weighted by molar-refractivity contribution is -0.131. The Bertz CT molecular complexity index is 853. The van der Waals surface area contributed by atoms with Gasteiger partial charge in [-0.3, -0.25) is 4.72 Å². The first kappa shape index (κ1) is 16.8. The zero-order valence-corrected chi connectivity index (χ0v) is 13.6. The highest BCUT2D eigenvalue weighted by Gasteiger charge is 2.14. The van der Waals surface area contributed by atoms with Crippen LogP contribution < -0.4 is 4.72 Å². The molecule has 0 aliphatic carbocycles. The molecule has 2 N–H and O–H groups in total. The second kappa shape index (κ2) is 6.66. The highest BCUT2D eigenvalue weighted by atomic mass is 32.2. The van der Waals surface area contributed by atoms with E-state index in [1.807, 2.05) is 19.9 Å². The van der Waals surface area contributed by atoms with Gasteiger partial charge < -0.3 is 5.11 Å². The average Bonchev–Trinajstić information content (AvgIpc) is 2.49. The number of nitrogens with one attached hydrogen (secondary N) is 1. The van der Waals surface area contributed by atoms with E-state index in [-0.39, 0.29) is 4.90 Å². The number of anilines is 1. The second-order valence-corrected chi connectivity index (χ2v) is 6.83. The summed E-state index contributed by atoms with van der Waals surface area (Å²) in [6.45, 7) is 3.87. The molecule has 0 fully saturated rings. The average molecular weight is 331 g/mol. The maximum absolute atomic E-state index is 12.4. The van der Waals surface area contributed by atoms with Crippen LogP contribution in [0.3, 0.4) is 0 Å². The van der Waals surface area contributed by atoms with Gasteiger partial charge in [0, 0.05) is 11.8 Å². The Labute approximate surface area is 135 Å². The van der Waals surface area contributed by atoms with Crippen LogP contribution in [0.2, 0.25) is 0 Å². The van der Waals surface area contributed by atoms with Crippen molar-refractivity contribution < 1.29 is 18.3 Å². The molecular weight excluding hydrogens is 314 g/mol. The van der Waals surface area contributed by atoms with E-state index in [1.165, 1.54) is 18.2 Å². The zero-order valence-electron chi connectivity index (χ0n) is 12.8. The van der Waals surface area contributed by atoms with Crippen LogP contribution in [0.5, 0.6) is 0 Å². The highest BCUT2D eigenvalue weighted by molar-refractivity contribution is 7.92. The van der Waals surface area contributed by atoms with Crippen molar-refractivity contribution in [2.24, 2.45) is 0 Å². The SMILES string of the molecule is Cc1ccc(NS(=O)(=O)c2ccc(C=CC(=O)O)cc2)cc1C. The third-order valence-corrected chi connectivity index (χ3v) is 4.77. The normalized spacial score (nSPS) is 11.6. The van der Waals surface area contributed by atoms with Crippen LogP contribution in [-0.4, -0.2) is 19.5 Å². The quantitative estimate of drug-likeness (QED) is 0.824. The molecule has 0 heterocycles. The number of sulfonamides is 1. The van der Waals surface area contributed by atoms with Crippen LogP contribution >= 0.6 is 0 Å². The molecule has 6 heteroatoms. The van der Waals surface area contributed by atoms with Crippen molar-refractivity contribution in [1.82, 2.24) is 0 Å². The Morgan fingerprint density at radius 3 is 2.26 bits per heavy atom. The summed E-state index contributed by atoms with van der Waals surface area (Å²) >= 11 is 0. The minimum atomic E-state index is -3.68. The first-order valence-electron chi connectivity index (χ1n) is 6.89. The lowest BCUT2D eigenvalue weighted by atomic mass is 10.1. The third-order valence-electron chi connectivity index (χ3n) is 3.37. The van der Waals surface area contributed by atoms with Gasteiger partial charge in [-0.2, -0.15) is 0 Å². The standard InChI is InChI=1S/C17H17NO4S/c1-12-3-7-15(11-13(12)2)18-23(21,22)16-8-4-14(5-9-16)6-10-17(19)20/h3-11,18H,1-2H3,(H,19,20). The molecule has 0 atom stereocenters. The Hall–Kier alpha value is -2.60. The minimum Gasteiger partial charge on any atom is -0.478 e. The van der Waals surface area contributed by atoms with E-state index in [0.29, 0.717) is 11.3 Å². The molecule has 0 spiro atoms. The molecule has 2 rings (SSSR count). The number of benzene rings is 2. The van der Waals surface area contributed by atoms with Gasteiger partial charge in [0.2, 0.25) is 0 Å². The number of rotatable bonds is 5. The van der Waals surface area contributed by atoms with Gasteiger partial charge in [-0.1, -0.05) is 18.2 Å². The zero-order chi connectivity index (χ0) is 17.0. The molecule has 23 heavy (non-hydrogen) atoms.